The summed E-state index contributed by atoms with van der Waals surface area (Å²) in [6.45, 7) is 2.01. The standard InChI is InChI=1S/C17H20ClN3O.CO2/c1-12-6-5-9-14(10-12)21-16(18)15(11-19-21)17(22)20-13-7-3-2-4-8-13;2-1-3/h5-6,9-11,13H,2-4,7-8H2,1H3,(H,20,22);. The molecule has 25 heavy (non-hydrogen) atoms. The second-order valence-electron chi connectivity index (χ2n) is 5.99. The van der Waals surface area contributed by atoms with Gasteiger partial charge in [0.2, 0.25) is 0 Å². The maximum atomic E-state index is 12.4. The molecule has 0 atom stereocenters. The van der Waals surface area contributed by atoms with E-state index in [1.807, 2.05) is 31.2 Å². The highest BCUT2D eigenvalue weighted by molar-refractivity contribution is 6.33. The van der Waals surface area contributed by atoms with Crippen LogP contribution in [-0.2, 0) is 9.59 Å². The van der Waals surface area contributed by atoms with Crippen molar-refractivity contribution in [3.05, 3.63) is 46.7 Å². The van der Waals surface area contributed by atoms with Crippen LogP contribution in [0.4, 0.5) is 0 Å². The summed E-state index contributed by atoms with van der Waals surface area (Å²) in [5, 5.41) is 7.70. The zero-order chi connectivity index (χ0) is 18.2. The molecular weight excluding hydrogens is 342 g/mol. The molecule has 0 aliphatic heterocycles. The number of hydrogen-bond acceptors (Lipinski definition) is 4. The first kappa shape index (κ1) is 18.9. The lowest BCUT2D eigenvalue weighted by Gasteiger charge is -2.22. The van der Waals surface area contributed by atoms with Crippen LogP contribution >= 0.6 is 11.6 Å². The number of rotatable bonds is 3. The van der Waals surface area contributed by atoms with E-state index in [0.29, 0.717) is 10.7 Å². The van der Waals surface area contributed by atoms with Crippen LogP contribution in [0.25, 0.3) is 5.69 Å². The van der Waals surface area contributed by atoms with Crippen molar-refractivity contribution in [1.82, 2.24) is 15.1 Å². The molecule has 0 bridgehead atoms. The number of aromatic nitrogens is 2. The minimum absolute atomic E-state index is 0.129. The summed E-state index contributed by atoms with van der Waals surface area (Å²) in [4.78, 5) is 28.6. The lowest BCUT2D eigenvalue weighted by Crippen LogP contribution is -2.36. The molecular formula is C18H20ClN3O3. The van der Waals surface area contributed by atoms with E-state index in [0.717, 1.165) is 24.1 Å². The highest BCUT2D eigenvalue weighted by atomic mass is 35.5. The number of carbonyl (C=O) groups is 1. The summed E-state index contributed by atoms with van der Waals surface area (Å²) in [5.74, 6) is -0.129. The monoisotopic (exact) mass is 361 g/mol. The molecule has 3 rings (SSSR count). The third-order valence-corrected chi connectivity index (χ3v) is 4.51. The highest BCUT2D eigenvalue weighted by Gasteiger charge is 2.21. The van der Waals surface area contributed by atoms with Crippen molar-refractivity contribution in [2.45, 2.75) is 45.1 Å². The molecule has 1 aromatic heterocycles. The lowest BCUT2D eigenvalue weighted by atomic mass is 9.95. The van der Waals surface area contributed by atoms with Crippen molar-refractivity contribution >= 4 is 23.7 Å². The Bertz CT molecular complexity index is 761. The van der Waals surface area contributed by atoms with Crippen molar-refractivity contribution in [1.29, 1.82) is 0 Å². The third kappa shape index (κ3) is 5.02. The Morgan fingerprint density at radius 1 is 1.28 bits per heavy atom. The smallest absolute Gasteiger partial charge is 0.349 e. The predicted molar refractivity (Wildman–Crippen MR) is 92.7 cm³/mol. The molecule has 6 nitrogen and oxygen atoms in total. The average molecular weight is 362 g/mol. The molecule has 0 unspecified atom stereocenters. The van der Waals surface area contributed by atoms with Crippen molar-refractivity contribution in [2.24, 2.45) is 0 Å². The lowest BCUT2D eigenvalue weighted by molar-refractivity contribution is -0.191. The molecule has 1 saturated carbocycles. The van der Waals surface area contributed by atoms with Gasteiger partial charge in [-0.1, -0.05) is 43.0 Å². The number of halogens is 1. The summed E-state index contributed by atoms with van der Waals surface area (Å²) in [5.41, 5.74) is 2.42. The summed E-state index contributed by atoms with van der Waals surface area (Å²) in [6, 6.07) is 8.14. The van der Waals surface area contributed by atoms with E-state index in [4.69, 9.17) is 21.2 Å². The Kier molecular flexibility index (Phi) is 6.92. The maximum absolute atomic E-state index is 12.4. The number of carbonyl (C=O) groups excluding carboxylic acids is 3. The molecule has 0 saturated heterocycles. The molecule has 1 N–H and O–H groups in total. The quantitative estimate of drug-likeness (QED) is 0.909. The van der Waals surface area contributed by atoms with E-state index in [-0.39, 0.29) is 18.1 Å². The minimum atomic E-state index is -0.129. The van der Waals surface area contributed by atoms with Gasteiger partial charge < -0.3 is 5.32 Å². The van der Waals surface area contributed by atoms with Gasteiger partial charge >= 0.3 is 6.15 Å². The van der Waals surface area contributed by atoms with Crippen LogP contribution in [0.3, 0.4) is 0 Å². The minimum Gasteiger partial charge on any atom is -0.349 e. The second kappa shape index (κ2) is 9.16. The SMILES string of the molecule is Cc1cccc(-n2ncc(C(=O)NC3CCCCC3)c2Cl)c1.O=C=O. The summed E-state index contributed by atoms with van der Waals surface area (Å²) in [7, 11) is 0. The van der Waals surface area contributed by atoms with E-state index in [1.165, 1.54) is 19.3 Å². The molecule has 1 heterocycles. The Hall–Kier alpha value is -2.43. The van der Waals surface area contributed by atoms with Gasteiger partial charge in [0, 0.05) is 6.04 Å². The molecule has 0 radical (unpaired) electrons. The van der Waals surface area contributed by atoms with Crippen LogP contribution in [0.15, 0.2) is 30.5 Å². The zero-order valence-electron chi connectivity index (χ0n) is 14.0. The Balaban J connectivity index is 0.000000701. The number of aryl methyl sites for hydroxylation is 1. The van der Waals surface area contributed by atoms with Gasteiger partial charge in [-0.15, -0.1) is 0 Å². The van der Waals surface area contributed by atoms with Gasteiger partial charge in [0.25, 0.3) is 5.91 Å². The molecule has 0 spiro atoms. The van der Waals surface area contributed by atoms with Crippen molar-refractivity contribution < 1.29 is 14.4 Å². The topological polar surface area (TPSA) is 81.1 Å². The fourth-order valence-electron chi connectivity index (χ4n) is 2.94. The van der Waals surface area contributed by atoms with Gasteiger partial charge in [-0.2, -0.15) is 14.7 Å². The summed E-state index contributed by atoms with van der Waals surface area (Å²) < 4.78 is 1.60. The first-order valence-corrected chi connectivity index (χ1v) is 8.55. The van der Waals surface area contributed by atoms with E-state index >= 15 is 0 Å². The predicted octanol–water partition coefficient (Wildman–Crippen LogP) is 3.31. The van der Waals surface area contributed by atoms with Gasteiger partial charge in [-0.3, -0.25) is 4.79 Å². The Morgan fingerprint density at radius 3 is 2.60 bits per heavy atom. The van der Waals surface area contributed by atoms with Crippen molar-refractivity contribution in [2.75, 3.05) is 0 Å². The van der Waals surface area contributed by atoms with E-state index < -0.39 is 0 Å². The average Bonchev–Trinajstić information content (AvgIpc) is 2.98. The maximum Gasteiger partial charge on any atom is 0.373 e. The normalized spacial score (nSPS) is 14.2. The largest absolute Gasteiger partial charge is 0.373 e. The van der Waals surface area contributed by atoms with Crippen LogP contribution in [0.5, 0.6) is 0 Å². The first-order chi connectivity index (χ1) is 12.1. The van der Waals surface area contributed by atoms with Crippen LogP contribution < -0.4 is 5.32 Å². The van der Waals surface area contributed by atoms with Gasteiger partial charge in [-0.05, 0) is 37.5 Å². The van der Waals surface area contributed by atoms with E-state index in [9.17, 15) is 4.79 Å². The number of amides is 1. The summed E-state index contributed by atoms with van der Waals surface area (Å²) >= 11 is 6.36. The van der Waals surface area contributed by atoms with Gasteiger partial charge in [0.1, 0.15) is 5.15 Å². The number of benzene rings is 1. The van der Waals surface area contributed by atoms with Crippen LogP contribution in [0, 0.1) is 6.92 Å². The van der Waals surface area contributed by atoms with Gasteiger partial charge in [0.15, 0.2) is 0 Å². The van der Waals surface area contributed by atoms with Crippen LogP contribution in [-0.4, -0.2) is 27.9 Å². The molecule has 1 aliphatic carbocycles. The van der Waals surface area contributed by atoms with Gasteiger partial charge in [-0.25, -0.2) is 4.68 Å². The number of hydrogen-bond donors (Lipinski definition) is 1. The number of nitrogens with one attached hydrogen (secondary N) is 1. The molecule has 1 fully saturated rings. The van der Waals surface area contributed by atoms with E-state index in [2.05, 4.69) is 10.4 Å². The Labute approximate surface area is 151 Å². The fourth-order valence-corrected chi connectivity index (χ4v) is 3.21. The van der Waals surface area contributed by atoms with Crippen molar-refractivity contribution in [3.63, 3.8) is 0 Å². The second-order valence-corrected chi connectivity index (χ2v) is 6.35. The molecule has 7 heteroatoms. The van der Waals surface area contributed by atoms with Crippen LogP contribution in [0.2, 0.25) is 5.15 Å². The van der Waals surface area contributed by atoms with E-state index in [1.54, 1.807) is 10.9 Å². The molecule has 1 aliphatic rings. The fraction of sp³-hybridized carbons (Fsp3) is 0.389. The molecule has 1 amide bonds. The summed E-state index contributed by atoms with van der Waals surface area (Å²) in [6.07, 6.45) is 7.52. The first-order valence-electron chi connectivity index (χ1n) is 8.17. The number of nitrogens with zero attached hydrogens (tertiary/aromatic N) is 2. The van der Waals surface area contributed by atoms with Crippen molar-refractivity contribution in [3.8, 4) is 5.69 Å². The van der Waals surface area contributed by atoms with Crippen LogP contribution in [0.1, 0.15) is 48.0 Å². The molecule has 1 aromatic carbocycles. The molecule has 2 aromatic rings. The zero-order valence-corrected chi connectivity index (χ0v) is 14.8. The third-order valence-electron chi connectivity index (χ3n) is 4.14. The highest BCUT2D eigenvalue weighted by Crippen LogP contribution is 2.22. The Morgan fingerprint density at radius 2 is 1.96 bits per heavy atom. The van der Waals surface area contributed by atoms with Gasteiger partial charge in [0.05, 0.1) is 17.4 Å². The molecule has 132 valence electrons.